The van der Waals surface area contributed by atoms with Crippen LogP contribution in [0.3, 0.4) is 0 Å². The van der Waals surface area contributed by atoms with Gasteiger partial charge in [-0.1, -0.05) is 20.8 Å². The summed E-state index contributed by atoms with van der Waals surface area (Å²) in [6.07, 6.45) is 3.65. The highest BCUT2D eigenvalue weighted by Gasteiger charge is 2.30. The third-order valence-electron chi connectivity index (χ3n) is 4.21. The van der Waals surface area contributed by atoms with Gasteiger partial charge in [0.2, 0.25) is 5.91 Å². The van der Waals surface area contributed by atoms with Gasteiger partial charge in [-0.25, -0.2) is 9.97 Å². The van der Waals surface area contributed by atoms with E-state index >= 15 is 0 Å². The molecule has 0 spiro atoms. The van der Waals surface area contributed by atoms with Crippen LogP contribution in [-0.2, 0) is 4.79 Å². The number of hydrogen-bond acceptors (Lipinski definition) is 8. The van der Waals surface area contributed by atoms with Crippen molar-refractivity contribution in [1.29, 1.82) is 0 Å². The molecule has 9 nitrogen and oxygen atoms in total. The molecule has 0 saturated heterocycles. The Bertz CT molecular complexity index is 870. The van der Waals surface area contributed by atoms with Gasteiger partial charge in [0, 0.05) is 5.92 Å². The highest BCUT2D eigenvalue weighted by atomic mass is 32.1. The molecule has 1 aliphatic rings. The van der Waals surface area contributed by atoms with Crippen molar-refractivity contribution in [2.75, 3.05) is 10.6 Å². The molecule has 1 atom stereocenters. The molecule has 1 saturated carbocycles. The second-order valence-electron chi connectivity index (χ2n) is 7.68. The normalized spacial score (nSPS) is 15.2. The molecule has 0 unspecified atom stereocenters. The molecular formula is C17H23N7O2S. The zero-order chi connectivity index (χ0) is 19.8. The number of nitrogens with zero attached hydrogens (tertiary/aromatic N) is 3. The minimum absolute atomic E-state index is 0.00769. The molecule has 0 aliphatic heterocycles. The fraction of sp³-hybridized carbons (Fsp3) is 0.471. The maximum Gasteiger partial charge on any atom is 0.271 e. The molecule has 0 bridgehead atoms. The van der Waals surface area contributed by atoms with Crippen LogP contribution in [0.4, 0.5) is 16.6 Å². The minimum atomic E-state index is -0.703. The molecular weight excluding hydrogens is 366 g/mol. The van der Waals surface area contributed by atoms with Gasteiger partial charge >= 0.3 is 0 Å². The smallest absolute Gasteiger partial charge is 0.271 e. The molecule has 2 heterocycles. The van der Waals surface area contributed by atoms with E-state index in [1.165, 1.54) is 17.7 Å². The number of aromatic nitrogens is 3. The van der Waals surface area contributed by atoms with Crippen LogP contribution in [0, 0.1) is 5.41 Å². The summed E-state index contributed by atoms with van der Waals surface area (Å²) in [5.41, 5.74) is 11.5. The van der Waals surface area contributed by atoms with Gasteiger partial charge in [0.1, 0.15) is 16.9 Å². The van der Waals surface area contributed by atoms with E-state index in [0.29, 0.717) is 11.7 Å². The highest BCUT2D eigenvalue weighted by Crippen LogP contribution is 2.41. The van der Waals surface area contributed by atoms with Gasteiger partial charge in [-0.15, -0.1) is 0 Å². The van der Waals surface area contributed by atoms with Crippen LogP contribution in [0.15, 0.2) is 12.3 Å². The first kappa shape index (κ1) is 19.0. The Kier molecular flexibility index (Phi) is 5.01. The largest absolute Gasteiger partial charge is 0.368 e. The van der Waals surface area contributed by atoms with Gasteiger partial charge in [-0.3, -0.25) is 9.59 Å². The van der Waals surface area contributed by atoms with Gasteiger partial charge < -0.3 is 22.1 Å². The first-order chi connectivity index (χ1) is 12.6. The summed E-state index contributed by atoms with van der Waals surface area (Å²) in [6, 6.07) is 1.28. The molecule has 10 heteroatoms. The van der Waals surface area contributed by atoms with Crippen LogP contribution in [0.2, 0.25) is 0 Å². The number of carbonyl (C=O) groups is 2. The van der Waals surface area contributed by atoms with E-state index in [-0.39, 0.29) is 11.5 Å². The van der Waals surface area contributed by atoms with Gasteiger partial charge in [-0.05, 0) is 35.9 Å². The van der Waals surface area contributed by atoms with Gasteiger partial charge in [-0.2, -0.15) is 4.37 Å². The van der Waals surface area contributed by atoms with E-state index in [4.69, 9.17) is 11.5 Å². The van der Waals surface area contributed by atoms with Crippen molar-refractivity contribution in [2.45, 2.75) is 45.6 Å². The topological polar surface area (TPSA) is 149 Å². The third-order valence-corrected chi connectivity index (χ3v) is 4.93. The molecule has 144 valence electrons. The molecule has 1 aliphatic carbocycles. The number of rotatable bonds is 7. The molecule has 3 rings (SSSR count). The summed E-state index contributed by atoms with van der Waals surface area (Å²) >= 11 is 1.29. The lowest BCUT2D eigenvalue weighted by Gasteiger charge is -2.29. The average Bonchev–Trinajstić information content (AvgIpc) is 3.31. The molecule has 2 amide bonds. The predicted octanol–water partition coefficient (Wildman–Crippen LogP) is 1.96. The number of nitrogens with two attached hydrogens (primary N) is 2. The number of hydrogen-bond donors (Lipinski definition) is 4. The second kappa shape index (κ2) is 7.10. The zero-order valence-corrected chi connectivity index (χ0v) is 16.3. The first-order valence-corrected chi connectivity index (χ1v) is 9.39. The van der Waals surface area contributed by atoms with Crippen molar-refractivity contribution in [2.24, 2.45) is 16.9 Å². The highest BCUT2D eigenvalue weighted by molar-refractivity contribution is 7.10. The van der Waals surface area contributed by atoms with E-state index in [0.717, 1.165) is 23.5 Å². The zero-order valence-electron chi connectivity index (χ0n) is 15.4. The van der Waals surface area contributed by atoms with Crippen molar-refractivity contribution in [3.8, 4) is 0 Å². The van der Waals surface area contributed by atoms with E-state index in [1.807, 2.05) is 26.8 Å². The SMILES string of the molecule is CC(C)(C)[C@@H](Nc1cnc(C(N)=O)c(Nc2cc(C3CC3)ns2)n1)C(N)=O. The van der Waals surface area contributed by atoms with Crippen LogP contribution >= 0.6 is 11.5 Å². The number of anilines is 3. The standard InChI is InChI=1S/C17H23N7O2S/c1-17(2,3)13(15(19)26)21-10-7-20-12(14(18)25)16(22-10)23-11-6-9(24-27-11)8-4-5-8/h6-8,13H,4-5H2,1-3H3,(H2,18,25)(H2,19,26)(H2,21,22,23)/t13-/m0/s1. The summed E-state index contributed by atoms with van der Waals surface area (Å²) < 4.78 is 4.41. The van der Waals surface area contributed by atoms with Crippen molar-refractivity contribution in [3.63, 3.8) is 0 Å². The Labute approximate surface area is 161 Å². The number of amides is 2. The Morgan fingerprint density at radius 2 is 2.00 bits per heavy atom. The number of nitrogens with one attached hydrogen (secondary N) is 2. The Morgan fingerprint density at radius 1 is 1.30 bits per heavy atom. The number of primary amides is 2. The third kappa shape index (κ3) is 4.51. The van der Waals surface area contributed by atoms with Crippen LogP contribution in [-0.4, -0.2) is 32.2 Å². The summed E-state index contributed by atoms with van der Waals surface area (Å²) in [5, 5.41) is 6.80. The predicted molar refractivity (Wildman–Crippen MR) is 104 cm³/mol. The Morgan fingerprint density at radius 3 is 2.56 bits per heavy atom. The summed E-state index contributed by atoms with van der Waals surface area (Å²) in [6.45, 7) is 5.66. The quantitative estimate of drug-likeness (QED) is 0.565. The van der Waals surface area contributed by atoms with Gasteiger partial charge in [0.25, 0.3) is 5.91 Å². The van der Waals surface area contributed by atoms with E-state index in [9.17, 15) is 9.59 Å². The Balaban J connectivity index is 1.87. The lowest BCUT2D eigenvalue weighted by Crippen LogP contribution is -2.45. The molecule has 2 aromatic rings. The van der Waals surface area contributed by atoms with Gasteiger partial charge in [0.05, 0.1) is 11.9 Å². The van der Waals surface area contributed by atoms with E-state index in [2.05, 4.69) is 25.0 Å². The van der Waals surface area contributed by atoms with Crippen LogP contribution in [0.1, 0.15) is 55.7 Å². The van der Waals surface area contributed by atoms with Crippen LogP contribution in [0.25, 0.3) is 0 Å². The molecule has 27 heavy (non-hydrogen) atoms. The van der Waals surface area contributed by atoms with Crippen LogP contribution < -0.4 is 22.1 Å². The van der Waals surface area contributed by atoms with Crippen molar-refractivity contribution >= 4 is 40.0 Å². The van der Waals surface area contributed by atoms with E-state index in [1.54, 1.807) is 0 Å². The van der Waals surface area contributed by atoms with Crippen molar-refractivity contribution in [3.05, 3.63) is 23.7 Å². The average molecular weight is 389 g/mol. The summed E-state index contributed by atoms with van der Waals surface area (Å²) in [5.74, 6) is -0.168. The fourth-order valence-corrected chi connectivity index (χ4v) is 3.35. The van der Waals surface area contributed by atoms with Crippen molar-refractivity contribution < 1.29 is 9.59 Å². The first-order valence-electron chi connectivity index (χ1n) is 8.61. The number of carbonyl (C=O) groups excluding carboxylic acids is 2. The van der Waals surface area contributed by atoms with Gasteiger partial charge in [0.15, 0.2) is 11.5 Å². The summed E-state index contributed by atoms with van der Waals surface area (Å²) in [7, 11) is 0. The fourth-order valence-electron chi connectivity index (χ4n) is 2.62. The maximum absolute atomic E-state index is 11.8. The van der Waals surface area contributed by atoms with Crippen molar-refractivity contribution in [1.82, 2.24) is 14.3 Å². The summed E-state index contributed by atoms with van der Waals surface area (Å²) in [4.78, 5) is 32.0. The lowest BCUT2D eigenvalue weighted by molar-refractivity contribution is -0.120. The molecule has 6 N–H and O–H groups in total. The van der Waals surface area contributed by atoms with E-state index < -0.39 is 23.3 Å². The molecule has 0 radical (unpaired) electrons. The molecule has 0 aromatic carbocycles. The second-order valence-corrected chi connectivity index (χ2v) is 8.48. The lowest BCUT2D eigenvalue weighted by atomic mass is 9.86. The Hall–Kier alpha value is -2.75. The minimum Gasteiger partial charge on any atom is -0.368 e. The molecule has 2 aromatic heterocycles. The maximum atomic E-state index is 11.8. The van der Waals surface area contributed by atoms with Crippen LogP contribution in [0.5, 0.6) is 0 Å². The monoisotopic (exact) mass is 389 g/mol. The molecule has 1 fully saturated rings.